The molecule has 0 atom stereocenters. The second kappa shape index (κ2) is 6.86. The number of nitrogens with zero attached hydrogens (tertiary/aromatic N) is 1. The summed E-state index contributed by atoms with van der Waals surface area (Å²) in [4.78, 5) is 34.5. The molecule has 0 bridgehead atoms. The van der Waals surface area contributed by atoms with Crippen LogP contribution in [-0.4, -0.2) is 36.5 Å². The van der Waals surface area contributed by atoms with Gasteiger partial charge in [-0.05, 0) is 39.8 Å². The fourth-order valence-corrected chi connectivity index (χ4v) is 2.08. The molecule has 2 N–H and O–H groups in total. The van der Waals surface area contributed by atoms with Gasteiger partial charge in [0.25, 0.3) is 11.6 Å². The van der Waals surface area contributed by atoms with E-state index < -0.39 is 27.8 Å². The molecule has 1 aromatic carbocycles. The number of hydrogen-bond donors (Lipinski definition) is 2. The lowest BCUT2D eigenvalue weighted by molar-refractivity contribution is -0.384. The number of esters is 1. The van der Waals surface area contributed by atoms with Crippen LogP contribution in [0, 0.1) is 15.5 Å². The minimum Gasteiger partial charge on any atom is -0.469 e. The molecule has 1 amide bonds. The molecule has 8 heteroatoms. The Kier molecular flexibility index (Phi) is 5.54. The van der Waals surface area contributed by atoms with E-state index in [0.717, 1.165) is 0 Å². The number of rotatable bonds is 6. The number of carbonyl (C=O) groups excluding carboxylic acids is 2. The van der Waals surface area contributed by atoms with Gasteiger partial charge in [-0.25, -0.2) is 0 Å². The summed E-state index contributed by atoms with van der Waals surface area (Å²) in [6.45, 7) is 6.88. The highest BCUT2D eigenvalue weighted by Gasteiger charge is 2.45. The van der Waals surface area contributed by atoms with E-state index in [1.807, 2.05) is 0 Å². The van der Waals surface area contributed by atoms with Crippen molar-refractivity contribution in [1.29, 1.82) is 0 Å². The third-order valence-corrected chi connectivity index (χ3v) is 4.39. The van der Waals surface area contributed by atoms with Gasteiger partial charge in [0.15, 0.2) is 0 Å². The first-order valence-corrected chi connectivity index (χ1v) is 7.35. The molecular weight excluding hydrogens is 314 g/mol. The minimum atomic E-state index is -0.949. The maximum Gasteiger partial charge on any atom is 0.313 e. The molecule has 8 nitrogen and oxygen atoms in total. The van der Waals surface area contributed by atoms with Crippen LogP contribution in [-0.2, 0) is 9.53 Å². The number of amides is 1. The van der Waals surface area contributed by atoms with Gasteiger partial charge in [0.1, 0.15) is 5.69 Å². The Morgan fingerprint density at radius 1 is 1.21 bits per heavy atom. The van der Waals surface area contributed by atoms with Gasteiger partial charge >= 0.3 is 5.97 Å². The molecule has 0 radical (unpaired) electrons. The molecule has 0 saturated carbocycles. The lowest BCUT2D eigenvalue weighted by Crippen LogP contribution is -2.51. The molecule has 0 aliphatic heterocycles. The summed E-state index contributed by atoms with van der Waals surface area (Å²) in [5, 5.41) is 16.8. The van der Waals surface area contributed by atoms with Crippen LogP contribution < -0.4 is 10.6 Å². The number of ether oxygens (including phenoxy) is 1. The second-order valence-electron chi connectivity index (χ2n) is 6.43. The number of anilines is 1. The van der Waals surface area contributed by atoms with Gasteiger partial charge in [-0.3, -0.25) is 19.7 Å². The third-order valence-electron chi connectivity index (χ3n) is 4.39. The first-order chi connectivity index (χ1) is 11.0. The number of hydrogen-bond acceptors (Lipinski definition) is 6. The fourth-order valence-electron chi connectivity index (χ4n) is 2.08. The quantitative estimate of drug-likeness (QED) is 0.468. The van der Waals surface area contributed by atoms with Gasteiger partial charge < -0.3 is 15.4 Å². The van der Waals surface area contributed by atoms with Crippen LogP contribution in [0.15, 0.2) is 18.2 Å². The number of nitrogens with one attached hydrogen (secondary N) is 2. The molecule has 0 saturated heterocycles. The second-order valence-corrected chi connectivity index (χ2v) is 6.43. The zero-order chi connectivity index (χ0) is 18.7. The smallest absolute Gasteiger partial charge is 0.313 e. The highest BCUT2D eigenvalue weighted by Crippen LogP contribution is 2.37. The first kappa shape index (κ1) is 19.4. The first-order valence-electron chi connectivity index (χ1n) is 7.35. The highest BCUT2D eigenvalue weighted by atomic mass is 16.6. The zero-order valence-electron chi connectivity index (χ0n) is 14.7. The van der Waals surface area contributed by atoms with Crippen LogP contribution >= 0.6 is 0 Å². The molecule has 0 spiro atoms. The lowest BCUT2D eigenvalue weighted by atomic mass is 9.74. The minimum absolute atomic E-state index is 0.180. The number of benzene rings is 1. The molecule has 1 rings (SSSR count). The average Bonchev–Trinajstić information content (AvgIpc) is 2.52. The van der Waals surface area contributed by atoms with E-state index in [-0.39, 0.29) is 16.9 Å². The topological polar surface area (TPSA) is 111 Å². The maximum absolute atomic E-state index is 12.0. The average molecular weight is 337 g/mol. The lowest BCUT2D eigenvalue weighted by Gasteiger charge is -2.40. The molecule has 1 aromatic rings. The summed E-state index contributed by atoms with van der Waals surface area (Å²) in [5.41, 5.74) is -1.65. The summed E-state index contributed by atoms with van der Waals surface area (Å²) >= 11 is 0. The van der Waals surface area contributed by atoms with Gasteiger partial charge in [-0.2, -0.15) is 0 Å². The van der Waals surface area contributed by atoms with Crippen molar-refractivity contribution in [2.24, 2.45) is 5.41 Å². The van der Waals surface area contributed by atoms with Crippen molar-refractivity contribution < 1.29 is 19.2 Å². The Balaban J connectivity index is 3.30. The Labute approximate surface area is 140 Å². The molecule has 24 heavy (non-hydrogen) atoms. The predicted molar refractivity (Wildman–Crippen MR) is 90.0 cm³/mol. The monoisotopic (exact) mass is 337 g/mol. The van der Waals surface area contributed by atoms with E-state index in [2.05, 4.69) is 10.6 Å². The molecular formula is C16H23N3O5. The largest absolute Gasteiger partial charge is 0.469 e. The van der Waals surface area contributed by atoms with E-state index in [1.165, 1.54) is 32.4 Å². The molecule has 0 aliphatic carbocycles. The summed E-state index contributed by atoms with van der Waals surface area (Å²) in [6.07, 6.45) is 0. The Hall–Kier alpha value is -2.64. The van der Waals surface area contributed by atoms with Gasteiger partial charge in [-0.1, -0.05) is 0 Å². The van der Waals surface area contributed by atoms with Crippen molar-refractivity contribution in [2.75, 3.05) is 19.5 Å². The van der Waals surface area contributed by atoms with Crippen molar-refractivity contribution in [3.05, 3.63) is 33.9 Å². The molecule has 0 fully saturated rings. The number of nitro benzene ring substituents is 1. The van der Waals surface area contributed by atoms with Crippen molar-refractivity contribution in [3.63, 3.8) is 0 Å². The number of nitro groups is 1. The molecule has 132 valence electrons. The molecule has 0 heterocycles. The van der Waals surface area contributed by atoms with Gasteiger partial charge in [0.2, 0.25) is 0 Å². The van der Waals surface area contributed by atoms with Crippen molar-refractivity contribution in [2.45, 2.75) is 33.2 Å². The van der Waals surface area contributed by atoms with E-state index in [4.69, 9.17) is 4.74 Å². The highest BCUT2D eigenvalue weighted by molar-refractivity contribution is 5.95. The van der Waals surface area contributed by atoms with Crippen LogP contribution in [0.1, 0.15) is 38.1 Å². The molecule has 0 unspecified atom stereocenters. The van der Waals surface area contributed by atoms with E-state index in [1.54, 1.807) is 27.7 Å². The van der Waals surface area contributed by atoms with Crippen LogP contribution in [0.4, 0.5) is 11.4 Å². The molecule has 0 aliphatic rings. The third kappa shape index (κ3) is 3.64. The predicted octanol–water partition coefficient (Wildman–Crippen LogP) is 2.34. The Morgan fingerprint density at radius 3 is 2.25 bits per heavy atom. The zero-order valence-corrected chi connectivity index (χ0v) is 14.7. The normalized spacial score (nSPS) is 11.6. The Morgan fingerprint density at radius 2 is 1.79 bits per heavy atom. The number of methoxy groups -OCH3 is 1. The van der Waals surface area contributed by atoms with Crippen LogP contribution in [0.2, 0.25) is 0 Å². The summed E-state index contributed by atoms with van der Waals surface area (Å²) in [5.74, 6) is -0.858. The van der Waals surface area contributed by atoms with Gasteiger partial charge in [0, 0.05) is 24.2 Å². The van der Waals surface area contributed by atoms with E-state index in [9.17, 15) is 19.7 Å². The van der Waals surface area contributed by atoms with E-state index >= 15 is 0 Å². The van der Waals surface area contributed by atoms with Crippen LogP contribution in [0.5, 0.6) is 0 Å². The summed E-state index contributed by atoms with van der Waals surface area (Å²) < 4.78 is 4.82. The van der Waals surface area contributed by atoms with E-state index in [0.29, 0.717) is 0 Å². The van der Waals surface area contributed by atoms with Crippen LogP contribution in [0.3, 0.4) is 0 Å². The molecule has 0 aromatic heterocycles. The van der Waals surface area contributed by atoms with Crippen molar-refractivity contribution in [1.82, 2.24) is 5.32 Å². The summed E-state index contributed by atoms with van der Waals surface area (Å²) in [6, 6.07) is 4.13. The maximum atomic E-state index is 12.0. The van der Waals surface area contributed by atoms with Gasteiger partial charge in [0.05, 0.1) is 17.4 Å². The van der Waals surface area contributed by atoms with Crippen molar-refractivity contribution >= 4 is 23.3 Å². The standard InChI is InChI=1S/C16H23N3O5/c1-15(2,14(21)24-6)16(3,4)18-11-8-7-10(13(20)17-5)9-12(11)19(22)23/h7-9,18H,1-6H3,(H,17,20). The fraction of sp³-hybridized carbons (Fsp3) is 0.500. The SMILES string of the molecule is CNC(=O)c1ccc(NC(C)(C)C(C)(C)C(=O)OC)c([N+](=O)[O-])c1. The van der Waals surface area contributed by atoms with Gasteiger partial charge in [-0.15, -0.1) is 0 Å². The van der Waals surface area contributed by atoms with Crippen LogP contribution in [0.25, 0.3) is 0 Å². The number of carbonyl (C=O) groups is 2. The Bertz CT molecular complexity index is 668. The van der Waals surface area contributed by atoms with Crippen molar-refractivity contribution in [3.8, 4) is 0 Å². The summed E-state index contributed by atoms with van der Waals surface area (Å²) in [7, 11) is 2.74.